The highest BCUT2D eigenvalue weighted by atomic mass is 127. The maximum atomic E-state index is 11.5. The first-order valence-electron chi connectivity index (χ1n) is 5.89. The van der Waals surface area contributed by atoms with E-state index >= 15 is 0 Å². The molecular weight excluding hydrogens is 375 g/mol. The zero-order chi connectivity index (χ0) is 14.7. The van der Waals surface area contributed by atoms with E-state index < -0.39 is 11.9 Å². The lowest BCUT2D eigenvalue weighted by Crippen LogP contribution is -2.22. The number of nitrogens with one attached hydrogen (secondary N) is 2. The van der Waals surface area contributed by atoms with E-state index in [2.05, 4.69) is 33.2 Å². The summed E-state index contributed by atoms with van der Waals surface area (Å²) in [7, 11) is 1.57. The lowest BCUT2D eigenvalue weighted by atomic mass is 10.1. The van der Waals surface area contributed by atoms with Crippen molar-refractivity contribution in [2.75, 3.05) is 13.7 Å². The number of urea groups is 1. The molecule has 0 atom stereocenters. The molecule has 1 aliphatic rings. The zero-order valence-electron chi connectivity index (χ0n) is 11.0. The van der Waals surface area contributed by atoms with Crippen molar-refractivity contribution in [1.29, 1.82) is 0 Å². The number of hydrogen-bond donors (Lipinski definition) is 2. The number of hydrogen-bond acceptors (Lipinski definition) is 4. The van der Waals surface area contributed by atoms with Gasteiger partial charge in [-0.05, 0) is 53.3 Å². The van der Waals surface area contributed by atoms with Crippen molar-refractivity contribution in [1.82, 2.24) is 10.6 Å². The average Bonchev–Trinajstić information content (AvgIpc) is 2.68. The molecule has 20 heavy (non-hydrogen) atoms. The second-order valence-corrected chi connectivity index (χ2v) is 5.10. The summed E-state index contributed by atoms with van der Waals surface area (Å²) in [6, 6.07) is 3.08. The Morgan fingerprint density at radius 3 is 2.60 bits per heavy atom. The van der Waals surface area contributed by atoms with Crippen LogP contribution in [0.5, 0.6) is 11.5 Å². The summed E-state index contributed by atoms with van der Waals surface area (Å²) in [5.41, 5.74) is 0.949. The normalized spacial score (nSPS) is 16.1. The van der Waals surface area contributed by atoms with Crippen LogP contribution in [-0.2, 0) is 4.79 Å². The largest absolute Gasteiger partial charge is 0.492 e. The van der Waals surface area contributed by atoms with Crippen LogP contribution in [0.15, 0.2) is 17.8 Å². The highest BCUT2D eigenvalue weighted by Gasteiger charge is 2.23. The summed E-state index contributed by atoms with van der Waals surface area (Å²) < 4.78 is 11.7. The quantitative estimate of drug-likeness (QED) is 0.469. The minimum absolute atomic E-state index is 0.207. The summed E-state index contributed by atoms with van der Waals surface area (Å²) in [4.78, 5) is 22.5. The number of ether oxygens (including phenoxy) is 2. The summed E-state index contributed by atoms with van der Waals surface area (Å²) in [6.45, 7) is 2.38. The minimum atomic E-state index is -0.519. The molecule has 2 rings (SSSR count). The van der Waals surface area contributed by atoms with Crippen molar-refractivity contribution in [3.05, 3.63) is 27.0 Å². The number of imide groups is 1. The van der Waals surface area contributed by atoms with Crippen LogP contribution in [0.2, 0.25) is 0 Å². The van der Waals surface area contributed by atoms with Crippen LogP contribution >= 0.6 is 22.6 Å². The fourth-order valence-electron chi connectivity index (χ4n) is 1.78. The lowest BCUT2D eigenvalue weighted by molar-refractivity contribution is -0.115. The molecule has 2 N–H and O–H groups in total. The Labute approximate surface area is 129 Å². The van der Waals surface area contributed by atoms with E-state index in [1.54, 1.807) is 19.3 Å². The topological polar surface area (TPSA) is 76.7 Å². The van der Waals surface area contributed by atoms with Crippen LogP contribution in [0.25, 0.3) is 6.08 Å². The van der Waals surface area contributed by atoms with E-state index in [0.29, 0.717) is 18.1 Å². The van der Waals surface area contributed by atoms with Crippen molar-refractivity contribution in [2.24, 2.45) is 0 Å². The standard InChI is InChI=1S/C13H13IN2O4/c1-3-20-10-6-7(4-8(14)11(10)19-2)5-9-12(17)16-13(18)15-9/h4-6H,3H2,1-2H3,(H2,15,16,17,18). The first kappa shape index (κ1) is 14.6. The summed E-state index contributed by atoms with van der Waals surface area (Å²) in [6.07, 6.45) is 1.59. The number of halogens is 1. The smallest absolute Gasteiger partial charge is 0.326 e. The number of benzene rings is 1. The highest BCUT2D eigenvalue weighted by Crippen LogP contribution is 2.34. The fourth-order valence-corrected chi connectivity index (χ4v) is 2.63. The molecule has 1 aliphatic heterocycles. The Balaban J connectivity index is 2.40. The molecule has 1 aromatic rings. The van der Waals surface area contributed by atoms with Gasteiger partial charge in [0.25, 0.3) is 5.91 Å². The number of carbonyl (C=O) groups is 2. The van der Waals surface area contributed by atoms with Gasteiger partial charge in [-0.1, -0.05) is 0 Å². The monoisotopic (exact) mass is 388 g/mol. The molecule has 0 aromatic heterocycles. The van der Waals surface area contributed by atoms with Crippen LogP contribution in [0.3, 0.4) is 0 Å². The average molecular weight is 388 g/mol. The molecule has 0 saturated carbocycles. The van der Waals surface area contributed by atoms with Crippen LogP contribution < -0.4 is 20.1 Å². The first-order chi connectivity index (χ1) is 9.55. The van der Waals surface area contributed by atoms with Gasteiger partial charge in [0.15, 0.2) is 11.5 Å². The number of amides is 3. The molecule has 0 aliphatic carbocycles. The zero-order valence-corrected chi connectivity index (χ0v) is 13.1. The van der Waals surface area contributed by atoms with E-state index in [1.165, 1.54) is 0 Å². The van der Waals surface area contributed by atoms with E-state index in [0.717, 1.165) is 9.13 Å². The molecule has 0 radical (unpaired) electrons. The summed E-state index contributed by atoms with van der Waals surface area (Å²) >= 11 is 2.13. The molecule has 1 aromatic carbocycles. The Bertz CT molecular complexity index is 598. The van der Waals surface area contributed by atoms with Crippen molar-refractivity contribution in [3.8, 4) is 11.5 Å². The molecule has 1 saturated heterocycles. The van der Waals surface area contributed by atoms with Crippen molar-refractivity contribution in [2.45, 2.75) is 6.92 Å². The van der Waals surface area contributed by atoms with Crippen LogP contribution in [-0.4, -0.2) is 25.7 Å². The predicted octanol–water partition coefficient (Wildman–Crippen LogP) is 1.88. The minimum Gasteiger partial charge on any atom is -0.492 e. The third kappa shape index (κ3) is 3.03. The van der Waals surface area contributed by atoms with Crippen molar-refractivity contribution in [3.63, 3.8) is 0 Å². The van der Waals surface area contributed by atoms with Gasteiger partial charge < -0.3 is 14.8 Å². The third-order valence-electron chi connectivity index (χ3n) is 2.57. The molecular formula is C13H13IN2O4. The van der Waals surface area contributed by atoms with E-state index in [4.69, 9.17) is 9.47 Å². The van der Waals surface area contributed by atoms with Gasteiger partial charge in [0.1, 0.15) is 5.70 Å². The van der Waals surface area contributed by atoms with E-state index in [-0.39, 0.29) is 5.70 Å². The summed E-state index contributed by atoms with van der Waals surface area (Å²) in [5.74, 6) is 0.798. The maximum Gasteiger partial charge on any atom is 0.326 e. The van der Waals surface area contributed by atoms with Gasteiger partial charge in [-0.25, -0.2) is 4.79 Å². The highest BCUT2D eigenvalue weighted by molar-refractivity contribution is 14.1. The Kier molecular flexibility index (Phi) is 4.48. The molecule has 0 unspecified atom stereocenters. The Morgan fingerprint density at radius 2 is 2.05 bits per heavy atom. The molecule has 1 heterocycles. The SMILES string of the molecule is CCOc1cc(C=C2NC(=O)NC2=O)cc(I)c1OC. The number of carbonyl (C=O) groups excluding carboxylic acids is 2. The van der Waals surface area contributed by atoms with Crippen LogP contribution in [0.4, 0.5) is 4.79 Å². The number of rotatable bonds is 4. The van der Waals surface area contributed by atoms with Gasteiger partial charge in [0, 0.05) is 0 Å². The second kappa shape index (κ2) is 6.12. The van der Waals surface area contributed by atoms with Gasteiger partial charge in [0.2, 0.25) is 0 Å². The molecule has 0 spiro atoms. The lowest BCUT2D eigenvalue weighted by Gasteiger charge is -2.12. The van der Waals surface area contributed by atoms with Crippen LogP contribution in [0.1, 0.15) is 12.5 Å². The van der Waals surface area contributed by atoms with Gasteiger partial charge >= 0.3 is 6.03 Å². The second-order valence-electron chi connectivity index (χ2n) is 3.93. The molecule has 3 amide bonds. The molecule has 1 fully saturated rings. The van der Waals surface area contributed by atoms with E-state index in [9.17, 15) is 9.59 Å². The molecule has 7 heteroatoms. The fraction of sp³-hybridized carbons (Fsp3) is 0.231. The van der Waals surface area contributed by atoms with Gasteiger partial charge in [0.05, 0.1) is 17.3 Å². The number of methoxy groups -OCH3 is 1. The van der Waals surface area contributed by atoms with E-state index in [1.807, 2.05) is 13.0 Å². The van der Waals surface area contributed by atoms with Crippen LogP contribution in [0, 0.1) is 3.57 Å². The molecule has 6 nitrogen and oxygen atoms in total. The third-order valence-corrected chi connectivity index (χ3v) is 3.37. The predicted molar refractivity (Wildman–Crippen MR) is 81.5 cm³/mol. The summed E-state index contributed by atoms with van der Waals surface area (Å²) in [5, 5.41) is 4.59. The van der Waals surface area contributed by atoms with Gasteiger partial charge in [-0.15, -0.1) is 0 Å². The first-order valence-corrected chi connectivity index (χ1v) is 6.97. The molecule has 0 bridgehead atoms. The van der Waals surface area contributed by atoms with Gasteiger partial charge in [-0.2, -0.15) is 0 Å². The van der Waals surface area contributed by atoms with Gasteiger partial charge in [-0.3, -0.25) is 10.1 Å². The Hall–Kier alpha value is -1.77. The Morgan fingerprint density at radius 1 is 1.30 bits per heavy atom. The van der Waals surface area contributed by atoms with Crippen molar-refractivity contribution >= 4 is 40.6 Å². The van der Waals surface area contributed by atoms with Crippen molar-refractivity contribution < 1.29 is 19.1 Å². The molecule has 106 valence electrons. The maximum absolute atomic E-state index is 11.5.